The van der Waals surface area contributed by atoms with Crippen molar-refractivity contribution >= 4 is 33.9 Å². The molecular formula is C36H43N9O3. The summed E-state index contributed by atoms with van der Waals surface area (Å²) in [4.78, 5) is 41.5. The largest absolute Gasteiger partial charge is 0.494 e. The second-order valence-electron chi connectivity index (χ2n) is 13.4. The standard InChI is InChI=1S/C36H43N9O3/c1-20-7-11-27(21(2)38-20)35(46)39-22(3)28-12-10-24-16-30(44(33(24)40-28)18-23-8-9-23)34-41-29-15-25(17-31(48-6)32(29)43(34)5)36(47)45-19-26(37)13-14-42(45)4/h7,10-12,15-17,22-23,26H,8-9,13-14,18-19,37H2,1-6H3,(H,39,46)/t22-,26-/m1/s1. The van der Waals surface area contributed by atoms with Crippen LogP contribution in [0, 0.1) is 19.8 Å². The van der Waals surface area contributed by atoms with E-state index in [0.717, 1.165) is 59.0 Å². The summed E-state index contributed by atoms with van der Waals surface area (Å²) < 4.78 is 10.1. The Bertz CT molecular complexity index is 2060. The van der Waals surface area contributed by atoms with Crippen molar-refractivity contribution in [1.29, 1.82) is 0 Å². The van der Waals surface area contributed by atoms with Crippen LogP contribution < -0.4 is 15.8 Å². The van der Waals surface area contributed by atoms with Crippen molar-refractivity contribution in [2.24, 2.45) is 18.7 Å². The van der Waals surface area contributed by atoms with E-state index in [1.54, 1.807) is 18.2 Å². The molecular weight excluding hydrogens is 606 g/mol. The number of hydrazine groups is 1. The van der Waals surface area contributed by atoms with Gasteiger partial charge in [-0.3, -0.25) is 19.6 Å². The van der Waals surface area contributed by atoms with Crippen LogP contribution in [0.2, 0.25) is 0 Å². The van der Waals surface area contributed by atoms with Gasteiger partial charge in [0, 0.05) is 49.9 Å². The van der Waals surface area contributed by atoms with E-state index < -0.39 is 0 Å². The van der Waals surface area contributed by atoms with Crippen LogP contribution in [-0.2, 0) is 13.6 Å². The number of nitrogens with zero attached hydrogens (tertiary/aromatic N) is 7. The topological polar surface area (TPSA) is 136 Å². The average Bonchev–Trinajstić information content (AvgIpc) is 3.73. The van der Waals surface area contributed by atoms with E-state index in [-0.39, 0.29) is 23.9 Å². The summed E-state index contributed by atoms with van der Waals surface area (Å²) in [5.74, 6) is 1.60. The summed E-state index contributed by atoms with van der Waals surface area (Å²) in [6.45, 7) is 7.71. The number of amides is 2. The van der Waals surface area contributed by atoms with Crippen LogP contribution in [0.3, 0.4) is 0 Å². The van der Waals surface area contributed by atoms with E-state index >= 15 is 0 Å². The van der Waals surface area contributed by atoms with Crippen molar-refractivity contribution < 1.29 is 14.3 Å². The van der Waals surface area contributed by atoms with Crippen LogP contribution in [-0.4, -0.2) is 79.2 Å². The first-order valence-electron chi connectivity index (χ1n) is 16.6. The SMILES string of the molecule is COc1cc(C(=O)N2C[C@H](N)CCN2C)cc2nc(-c3cc4ccc([C@@H](C)NC(=O)c5ccc(C)nc5C)nc4n3CC3CC3)n(C)c12. The molecule has 1 saturated carbocycles. The summed E-state index contributed by atoms with van der Waals surface area (Å²) in [6.07, 6.45) is 3.19. The molecule has 0 radical (unpaired) electrons. The van der Waals surface area contributed by atoms with E-state index in [1.165, 1.54) is 12.8 Å². The number of benzene rings is 1. The van der Waals surface area contributed by atoms with Crippen molar-refractivity contribution in [3.63, 3.8) is 0 Å². The number of carbonyl (C=O) groups is 2. The fraction of sp³-hybridized carbons (Fsp3) is 0.417. The Morgan fingerprint density at radius 2 is 1.83 bits per heavy atom. The number of pyridine rings is 2. The minimum Gasteiger partial charge on any atom is -0.494 e. The van der Waals surface area contributed by atoms with Crippen molar-refractivity contribution in [3.05, 3.63) is 70.7 Å². The molecule has 0 unspecified atom stereocenters. The van der Waals surface area contributed by atoms with Gasteiger partial charge in [-0.1, -0.05) is 0 Å². The second kappa shape index (κ2) is 12.3. The fourth-order valence-electron chi connectivity index (χ4n) is 6.72. The number of hydrogen-bond acceptors (Lipinski definition) is 8. The Morgan fingerprint density at radius 1 is 1.04 bits per heavy atom. The highest BCUT2D eigenvalue weighted by Crippen LogP contribution is 2.38. The summed E-state index contributed by atoms with van der Waals surface area (Å²) in [7, 11) is 5.50. The quantitative estimate of drug-likeness (QED) is 0.250. The zero-order valence-electron chi connectivity index (χ0n) is 28.4. The van der Waals surface area contributed by atoms with E-state index in [1.807, 2.05) is 68.7 Å². The highest BCUT2D eigenvalue weighted by Gasteiger charge is 2.30. The Labute approximate surface area is 279 Å². The lowest BCUT2D eigenvalue weighted by atomic mass is 10.1. The number of hydrogen-bond donors (Lipinski definition) is 2. The molecule has 1 aromatic carbocycles. The minimum absolute atomic E-state index is 0.0614. The van der Waals surface area contributed by atoms with E-state index in [9.17, 15) is 9.59 Å². The first-order chi connectivity index (χ1) is 23.0. The van der Waals surface area contributed by atoms with Gasteiger partial charge in [-0.25, -0.2) is 15.0 Å². The van der Waals surface area contributed by atoms with Gasteiger partial charge in [0.25, 0.3) is 11.8 Å². The number of methoxy groups -OCH3 is 1. The van der Waals surface area contributed by atoms with Gasteiger partial charge in [0.2, 0.25) is 0 Å². The molecule has 2 fully saturated rings. The first-order valence-corrected chi connectivity index (χ1v) is 16.6. The number of rotatable bonds is 8. The van der Waals surface area contributed by atoms with Crippen LogP contribution in [0.1, 0.15) is 70.0 Å². The monoisotopic (exact) mass is 649 g/mol. The fourth-order valence-corrected chi connectivity index (χ4v) is 6.72. The predicted octanol–water partition coefficient (Wildman–Crippen LogP) is 4.53. The maximum Gasteiger partial charge on any atom is 0.268 e. The number of fused-ring (bicyclic) bond motifs is 2. The van der Waals surface area contributed by atoms with Crippen LogP contribution in [0.25, 0.3) is 33.6 Å². The molecule has 1 aliphatic carbocycles. The highest BCUT2D eigenvalue weighted by atomic mass is 16.5. The summed E-state index contributed by atoms with van der Waals surface area (Å²) in [5.41, 5.74) is 12.9. The number of aryl methyl sites for hydroxylation is 3. The number of nitrogens with one attached hydrogen (secondary N) is 1. The van der Waals surface area contributed by atoms with Crippen molar-refractivity contribution in [3.8, 4) is 17.3 Å². The molecule has 4 aromatic heterocycles. The molecule has 1 aliphatic heterocycles. The highest BCUT2D eigenvalue weighted by molar-refractivity contribution is 6.00. The molecule has 12 nitrogen and oxygen atoms in total. The third kappa shape index (κ3) is 5.79. The van der Waals surface area contributed by atoms with Gasteiger partial charge in [-0.2, -0.15) is 0 Å². The maximum atomic E-state index is 13.7. The predicted molar refractivity (Wildman–Crippen MR) is 185 cm³/mol. The van der Waals surface area contributed by atoms with Crippen LogP contribution >= 0.6 is 0 Å². The number of aromatic nitrogens is 5. The molecule has 7 rings (SSSR count). The lowest BCUT2D eigenvalue weighted by Gasteiger charge is -2.38. The maximum absolute atomic E-state index is 13.7. The lowest BCUT2D eigenvalue weighted by molar-refractivity contribution is -0.0168. The van der Waals surface area contributed by atoms with Gasteiger partial charge in [0.1, 0.15) is 16.9 Å². The Balaban J connectivity index is 1.26. The number of nitrogens with two attached hydrogens (primary N) is 1. The molecule has 0 spiro atoms. The molecule has 5 aromatic rings. The number of ether oxygens (including phenoxy) is 1. The molecule has 12 heteroatoms. The van der Waals surface area contributed by atoms with Gasteiger partial charge < -0.3 is 24.9 Å². The van der Waals surface area contributed by atoms with E-state index in [0.29, 0.717) is 40.5 Å². The first kappa shape index (κ1) is 31.8. The van der Waals surface area contributed by atoms with E-state index in [2.05, 4.69) is 27.0 Å². The van der Waals surface area contributed by atoms with Gasteiger partial charge >= 0.3 is 0 Å². The van der Waals surface area contributed by atoms with E-state index in [4.69, 9.17) is 20.4 Å². The molecule has 3 N–H and O–H groups in total. The van der Waals surface area contributed by atoms with Crippen LogP contribution in [0.4, 0.5) is 0 Å². The van der Waals surface area contributed by atoms with Gasteiger partial charge in [-0.15, -0.1) is 0 Å². The molecule has 0 bridgehead atoms. The normalized spacial score (nSPS) is 17.6. The Kier molecular flexibility index (Phi) is 8.16. The zero-order valence-corrected chi connectivity index (χ0v) is 28.4. The molecule has 2 aliphatic rings. The molecule has 2 amide bonds. The second-order valence-corrected chi connectivity index (χ2v) is 13.4. The summed E-state index contributed by atoms with van der Waals surface area (Å²) in [6, 6.07) is 13.1. The van der Waals surface area contributed by atoms with Crippen LogP contribution in [0.5, 0.6) is 5.75 Å². The number of imidazole rings is 1. The molecule has 2 atom stereocenters. The van der Waals surface area contributed by atoms with Crippen LogP contribution in [0.15, 0.2) is 42.5 Å². The van der Waals surface area contributed by atoms with Gasteiger partial charge in [0.05, 0.1) is 47.9 Å². The average molecular weight is 650 g/mol. The molecule has 48 heavy (non-hydrogen) atoms. The third-order valence-electron chi connectivity index (χ3n) is 9.67. The smallest absolute Gasteiger partial charge is 0.268 e. The Morgan fingerprint density at radius 3 is 2.56 bits per heavy atom. The molecule has 250 valence electrons. The minimum atomic E-state index is -0.320. The van der Waals surface area contributed by atoms with Gasteiger partial charge in [-0.05, 0) is 88.4 Å². The van der Waals surface area contributed by atoms with Crippen molar-refractivity contribution in [1.82, 2.24) is 39.4 Å². The van der Waals surface area contributed by atoms with Crippen molar-refractivity contribution in [2.75, 3.05) is 27.2 Å². The Hall–Kier alpha value is -4.81. The summed E-state index contributed by atoms with van der Waals surface area (Å²) in [5, 5.41) is 7.73. The third-order valence-corrected chi connectivity index (χ3v) is 9.67. The zero-order chi connectivity index (χ0) is 33.9. The molecule has 5 heterocycles. The lowest BCUT2D eigenvalue weighted by Crippen LogP contribution is -2.55. The summed E-state index contributed by atoms with van der Waals surface area (Å²) >= 11 is 0. The van der Waals surface area contributed by atoms with Crippen molar-refractivity contribution in [2.45, 2.75) is 58.7 Å². The van der Waals surface area contributed by atoms with Gasteiger partial charge in [0.15, 0.2) is 5.82 Å². The number of carbonyl (C=O) groups excluding carboxylic acids is 2. The molecule has 1 saturated heterocycles.